The van der Waals surface area contributed by atoms with Gasteiger partial charge in [-0.1, -0.05) is 39.5 Å². The second-order valence-corrected chi connectivity index (χ2v) is 4.77. The Kier molecular flexibility index (Phi) is 4.24. The Morgan fingerprint density at radius 1 is 1.23 bits per heavy atom. The van der Waals surface area contributed by atoms with Crippen molar-refractivity contribution in [2.75, 3.05) is 6.54 Å². The maximum absolute atomic E-state index is 5.74. The zero-order valence-electron chi connectivity index (χ0n) is 9.31. The number of hydrogen-bond acceptors (Lipinski definition) is 1. The van der Waals surface area contributed by atoms with E-state index in [1.165, 1.54) is 44.9 Å². The van der Waals surface area contributed by atoms with Crippen LogP contribution in [-0.4, -0.2) is 6.54 Å². The van der Waals surface area contributed by atoms with Crippen LogP contribution in [-0.2, 0) is 0 Å². The smallest absolute Gasteiger partial charge is 0.00719 e. The van der Waals surface area contributed by atoms with Crippen LogP contribution in [0, 0.1) is 11.3 Å². The third kappa shape index (κ3) is 2.46. The summed E-state index contributed by atoms with van der Waals surface area (Å²) in [5.41, 5.74) is 6.35. The first kappa shape index (κ1) is 11.0. The van der Waals surface area contributed by atoms with Crippen LogP contribution in [0.3, 0.4) is 0 Å². The normalized spacial score (nSPS) is 24.2. The molecule has 1 unspecified atom stereocenters. The van der Waals surface area contributed by atoms with Crippen molar-refractivity contribution in [3.8, 4) is 0 Å². The lowest BCUT2D eigenvalue weighted by atomic mass is 9.64. The quantitative estimate of drug-likeness (QED) is 0.711. The first-order valence-electron chi connectivity index (χ1n) is 5.95. The number of rotatable bonds is 4. The molecule has 0 aromatic carbocycles. The Morgan fingerprint density at radius 3 is 2.31 bits per heavy atom. The fourth-order valence-electron chi connectivity index (χ4n) is 2.97. The highest BCUT2D eigenvalue weighted by Crippen LogP contribution is 2.46. The van der Waals surface area contributed by atoms with Gasteiger partial charge in [-0.2, -0.15) is 0 Å². The topological polar surface area (TPSA) is 26.0 Å². The Balaban J connectivity index is 2.60. The summed E-state index contributed by atoms with van der Waals surface area (Å²) in [5.74, 6) is 0.872. The summed E-state index contributed by atoms with van der Waals surface area (Å²) >= 11 is 0. The van der Waals surface area contributed by atoms with Gasteiger partial charge in [0.25, 0.3) is 0 Å². The van der Waals surface area contributed by atoms with Crippen LogP contribution in [0.2, 0.25) is 0 Å². The lowest BCUT2D eigenvalue weighted by Gasteiger charge is -2.42. The summed E-state index contributed by atoms with van der Waals surface area (Å²) in [6, 6.07) is 0. The molecule has 13 heavy (non-hydrogen) atoms. The summed E-state index contributed by atoms with van der Waals surface area (Å²) in [7, 11) is 0. The van der Waals surface area contributed by atoms with Gasteiger partial charge in [0.05, 0.1) is 0 Å². The van der Waals surface area contributed by atoms with E-state index >= 15 is 0 Å². The van der Waals surface area contributed by atoms with E-state index in [2.05, 4.69) is 13.8 Å². The molecule has 1 saturated carbocycles. The van der Waals surface area contributed by atoms with E-state index in [1.54, 1.807) is 0 Å². The molecule has 0 aliphatic heterocycles. The number of hydrogen-bond donors (Lipinski definition) is 1. The Bertz CT molecular complexity index is 131. The molecule has 1 aliphatic carbocycles. The summed E-state index contributed by atoms with van der Waals surface area (Å²) in [4.78, 5) is 0. The predicted molar refractivity (Wildman–Crippen MR) is 58.6 cm³/mol. The van der Waals surface area contributed by atoms with Gasteiger partial charge in [-0.15, -0.1) is 0 Å². The fourth-order valence-corrected chi connectivity index (χ4v) is 2.97. The monoisotopic (exact) mass is 183 g/mol. The second kappa shape index (κ2) is 4.99. The Morgan fingerprint density at radius 2 is 1.85 bits per heavy atom. The van der Waals surface area contributed by atoms with Gasteiger partial charge in [0.2, 0.25) is 0 Å². The minimum atomic E-state index is 0.613. The van der Waals surface area contributed by atoms with Gasteiger partial charge in [0, 0.05) is 0 Å². The van der Waals surface area contributed by atoms with Gasteiger partial charge < -0.3 is 5.73 Å². The summed E-state index contributed by atoms with van der Waals surface area (Å²) < 4.78 is 0. The molecule has 0 saturated heterocycles. The SMILES string of the molecule is CCC(C)C1(CCN)CCCCC1. The highest BCUT2D eigenvalue weighted by atomic mass is 14.6. The predicted octanol–water partition coefficient (Wildman–Crippen LogP) is 3.33. The lowest BCUT2D eigenvalue weighted by molar-refractivity contribution is 0.0947. The van der Waals surface area contributed by atoms with Crippen LogP contribution >= 0.6 is 0 Å². The minimum absolute atomic E-state index is 0.613. The van der Waals surface area contributed by atoms with Gasteiger partial charge in [-0.25, -0.2) is 0 Å². The highest BCUT2D eigenvalue weighted by Gasteiger charge is 2.35. The third-order valence-corrected chi connectivity index (χ3v) is 4.15. The number of nitrogens with two attached hydrogens (primary N) is 1. The van der Waals surface area contributed by atoms with Crippen molar-refractivity contribution in [3.05, 3.63) is 0 Å². The molecule has 1 atom stereocenters. The van der Waals surface area contributed by atoms with E-state index in [1.807, 2.05) is 0 Å². The van der Waals surface area contributed by atoms with Gasteiger partial charge >= 0.3 is 0 Å². The van der Waals surface area contributed by atoms with Crippen LogP contribution in [0.15, 0.2) is 0 Å². The largest absolute Gasteiger partial charge is 0.330 e. The zero-order valence-corrected chi connectivity index (χ0v) is 9.31. The molecule has 1 nitrogen and oxygen atoms in total. The summed E-state index contributed by atoms with van der Waals surface area (Å²) in [6.07, 6.45) is 9.75. The van der Waals surface area contributed by atoms with E-state index in [0.29, 0.717) is 5.41 Å². The average Bonchev–Trinajstić information content (AvgIpc) is 2.18. The first-order chi connectivity index (χ1) is 6.25. The van der Waals surface area contributed by atoms with E-state index in [-0.39, 0.29) is 0 Å². The van der Waals surface area contributed by atoms with Gasteiger partial charge in [0.1, 0.15) is 0 Å². The highest BCUT2D eigenvalue weighted by molar-refractivity contribution is 4.86. The third-order valence-electron chi connectivity index (χ3n) is 4.15. The van der Waals surface area contributed by atoms with Crippen LogP contribution in [0.5, 0.6) is 0 Å². The first-order valence-corrected chi connectivity index (χ1v) is 5.95. The molecule has 1 aliphatic rings. The van der Waals surface area contributed by atoms with Crippen molar-refractivity contribution in [2.45, 2.75) is 58.8 Å². The van der Waals surface area contributed by atoms with Crippen molar-refractivity contribution >= 4 is 0 Å². The van der Waals surface area contributed by atoms with Crippen molar-refractivity contribution < 1.29 is 0 Å². The van der Waals surface area contributed by atoms with Crippen LogP contribution in [0.25, 0.3) is 0 Å². The Hall–Kier alpha value is -0.0400. The molecule has 0 aromatic rings. The molecular formula is C12H25N. The van der Waals surface area contributed by atoms with Crippen molar-refractivity contribution in [3.63, 3.8) is 0 Å². The molecular weight excluding hydrogens is 158 g/mol. The molecule has 2 N–H and O–H groups in total. The second-order valence-electron chi connectivity index (χ2n) is 4.77. The summed E-state index contributed by atoms with van der Waals surface area (Å²) in [6.45, 7) is 5.61. The standard InChI is InChI=1S/C12H25N/c1-3-11(2)12(9-10-13)7-5-4-6-8-12/h11H,3-10,13H2,1-2H3. The average molecular weight is 183 g/mol. The van der Waals surface area contributed by atoms with Crippen LogP contribution in [0.1, 0.15) is 58.8 Å². The molecule has 0 aromatic heterocycles. The van der Waals surface area contributed by atoms with Crippen LogP contribution in [0.4, 0.5) is 0 Å². The summed E-state index contributed by atoms with van der Waals surface area (Å²) in [5, 5.41) is 0. The van der Waals surface area contributed by atoms with Gasteiger partial charge in [-0.05, 0) is 37.1 Å². The van der Waals surface area contributed by atoms with E-state index in [9.17, 15) is 0 Å². The molecule has 78 valence electrons. The maximum atomic E-state index is 5.74. The lowest BCUT2D eigenvalue weighted by Crippen LogP contribution is -2.33. The molecule has 0 radical (unpaired) electrons. The van der Waals surface area contributed by atoms with Crippen LogP contribution < -0.4 is 5.73 Å². The van der Waals surface area contributed by atoms with E-state index < -0.39 is 0 Å². The van der Waals surface area contributed by atoms with Crippen molar-refractivity contribution in [1.82, 2.24) is 0 Å². The van der Waals surface area contributed by atoms with Gasteiger partial charge in [-0.3, -0.25) is 0 Å². The molecule has 1 heteroatoms. The van der Waals surface area contributed by atoms with E-state index in [4.69, 9.17) is 5.73 Å². The van der Waals surface area contributed by atoms with Crippen molar-refractivity contribution in [2.24, 2.45) is 17.1 Å². The molecule has 1 fully saturated rings. The molecule has 0 bridgehead atoms. The zero-order chi connectivity index (χ0) is 9.73. The molecule has 1 rings (SSSR count). The maximum Gasteiger partial charge on any atom is -0.00719 e. The van der Waals surface area contributed by atoms with E-state index in [0.717, 1.165) is 12.5 Å². The Labute approximate surface area is 83.1 Å². The molecule has 0 spiro atoms. The molecule has 0 heterocycles. The van der Waals surface area contributed by atoms with Crippen molar-refractivity contribution in [1.29, 1.82) is 0 Å². The minimum Gasteiger partial charge on any atom is -0.330 e. The van der Waals surface area contributed by atoms with Gasteiger partial charge in [0.15, 0.2) is 0 Å². The fraction of sp³-hybridized carbons (Fsp3) is 1.00. The molecule has 0 amide bonds.